The number of imidazole rings is 1. The summed E-state index contributed by atoms with van der Waals surface area (Å²) in [6.45, 7) is 4.63. The van der Waals surface area contributed by atoms with Gasteiger partial charge in [0, 0.05) is 44.3 Å². The zero-order valence-electron chi connectivity index (χ0n) is 26.1. The van der Waals surface area contributed by atoms with Crippen molar-refractivity contribution in [2.45, 2.75) is 19.3 Å². The number of hydrogen-bond donors (Lipinski definition) is 0. The zero-order chi connectivity index (χ0) is 31.3. The van der Waals surface area contributed by atoms with Gasteiger partial charge in [0.15, 0.2) is 0 Å². The minimum absolute atomic E-state index is 0.169. The Morgan fingerprint density at radius 2 is 1.36 bits per heavy atom. The molecule has 0 aliphatic heterocycles. The third-order valence-corrected chi connectivity index (χ3v) is 10.1. The van der Waals surface area contributed by atoms with Gasteiger partial charge in [-0.3, -0.25) is 4.57 Å². The number of aromatic nitrogens is 3. The molecule has 3 heteroatoms. The average molecular weight is 600 g/mol. The molecule has 0 fully saturated rings. The van der Waals surface area contributed by atoms with Gasteiger partial charge in [-0.05, 0) is 94.7 Å². The van der Waals surface area contributed by atoms with Gasteiger partial charge in [-0.25, -0.2) is 4.98 Å². The predicted octanol–water partition coefficient (Wildman–Crippen LogP) is 10.8. The van der Waals surface area contributed by atoms with E-state index in [4.69, 9.17) is 4.98 Å². The van der Waals surface area contributed by atoms with Crippen LogP contribution < -0.4 is 0 Å². The van der Waals surface area contributed by atoms with E-state index in [0.29, 0.717) is 0 Å². The third-order valence-electron chi connectivity index (χ3n) is 10.1. The van der Waals surface area contributed by atoms with Gasteiger partial charge in [-0.15, -0.1) is 0 Å². The van der Waals surface area contributed by atoms with E-state index in [-0.39, 0.29) is 5.41 Å². The van der Waals surface area contributed by atoms with Crippen LogP contribution in [-0.2, 0) is 5.41 Å². The first-order valence-electron chi connectivity index (χ1n) is 16.2. The normalized spacial score (nSPS) is 13.3. The molecule has 3 nitrogen and oxygen atoms in total. The highest BCUT2D eigenvalue weighted by atomic mass is 15.1. The van der Waals surface area contributed by atoms with Gasteiger partial charge < -0.3 is 4.57 Å². The molecule has 7 aromatic carbocycles. The van der Waals surface area contributed by atoms with Crippen molar-refractivity contribution < 1.29 is 0 Å². The third kappa shape index (κ3) is 3.56. The zero-order valence-corrected chi connectivity index (χ0v) is 26.1. The molecule has 0 N–H and O–H groups in total. The van der Waals surface area contributed by atoms with Gasteiger partial charge in [0.05, 0.1) is 22.1 Å². The highest BCUT2D eigenvalue weighted by molar-refractivity contribution is 6.24. The number of para-hydroxylation sites is 4. The molecule has 1 aliphatic carbocycles. The fraction of sp³-hybridized carbons (Fsp3) is 0.0682. The molecule has 2 heterocycles. The van der Waals surface area contributed by atoms with E-state index in [0.717, 1.165) is 33.8 Å². The molecule has 220 valence electrons. The summed E-state index contributed by atoms with van der Waals surface area (Å²) in [5.41, 5.74) is 12.7. The van der Waals surface area contributed by atoms with Crippen LogP contribution in [0.3, 0.4) is 0 Å². The first-order valence-corrected chi connectivity index (χ1v) is 16.2. The fourth-order valence-corrected chi connectivity index (χ4v) is 8.01. The number of hydrogen-bond acceptors (Lipinski definition) is 1. The summed E-state index contributed by atoms with van der Waals surface area (Å²) in [7, 11) is 0. The first kappa shape index (κ1) is 26.1. The second-order valence-electron chi connectivity index (χ2n) is 13.1. The number of fused-ring (bicyclic) bond motifs is 7. The van der Waals surface area contributed by atoms with Crippen molar-refractivity contribution >= 4 is 43.6 Å². The maximum atomic E-state index is 5.11. The van der Waals surface area contributed by atoms with Gasteiger partial charge in [0.2, 0.25) is 0 Å². The van der Waals surface area contributed by atoms with E-state index in [1.807, 2.05) is 6.07 Å². The SMILES string of the molecule is CC1(C)c2c#cccc2-c2c3c1cccc3cc1c2c2ccccc2n1-c1ccc(-c2nc3ccccc3n2-c2ccccc2)cc1. The van der Waals surface area contributed by atoms with Crippen molar-refractivity contribution in [3.8, 4) is 33.9 Å². The van der Waals surface area contributed by atoms with Crippen molar-refractivity contribution in [3.63, 3.8) is 0 Å². The molecule has 2 aromatic heterocycles. The van der Waals surface area contributed by atoms with E-state index in [1.165, 1.54) is 54.8 Å². The highest BCUT2D eigenvalue weighted by Gasteiger charge is 2.35. The smallest absolute Gasteiger partial charge is 0.145 e. The van der Waals surface area contributed by atoms with Crippen LogP contribution in [0.5, 0.6) is 0 Å². The second-order valence-corrected chi connectivity index (χ2v) is 13.1. The summed E-state index contributed by atoms with van der Waals surface area (Å²) in [6.07, 6.45) is 0. The Morgan fingerprint density at radius 3 is 2.21 bits per heavy atom. The van der Waals surface area contributed by atoms with Crippen molar-refractivity contribution in [1.29, 1.82) is 0 Å². The molecule has 0 radical (unpaired) electrons. The largest absolute Gasteiger partial charge is 0.309 e. The summed E-state index contributed by atoms with van der Waals surface area (Å²) in [5, 5.41) is 5.14. The summed E-state index contributed by atoms with van der Waals surface area (Å²) in [5.74, 6) is 0.932. The lowest BCUT2D eigenvalue weighted by Crippen LogP contribution is -2.23. The lowest BCUT2D eigenvalue weighted by Gasteiger charge is -2.34. The molecule has 0 bridgehead atoms. The summed E-state index contributed by atoms with van der Waals surface area (Å²) in [6, 6.07) is 56.7. The van der Waals surface area contributed by atoms with Crippen LogP contribution in [0.4, 0.5) is 0 Å². The molecule has 1 aliphatic rings. The molecule has 0 saturated heterocycles. The minimum Gasteiger partial charge on any atom is -0.309 e. The molecule has 47 heavy (non-hydrogen) atoms. The van der Waals surface area contributed by atoms with Crippen LogP contribution in [0.25, 0.3) is 77.5 Å². The predicted molar refractivity (Wildman–Crippen MR) is 194 cm³/mol. The van der Waals surface area contributed by atoms with E-state index < -0.39 is 0 Å². The molecule has 0 saturated carbocycles. The Hall–Kier alpha value is -6.11. The Bertz CT molecular complexity index is 2690. The van der Waals surface area contributed by atoms with Crippen molar-refractivity contribution in [1.82, 2.24) is 14.1 Å². The molecule has 0 unspecified atom stereocenters. The van der Waals surface area contributed by atoms with E-state index >= 15 is 0 Å². The quantitative estimate of drug-likeness (QED) is 0.198. The Balaban J connectivity index is 1.24. The van der Waals surface area contributed by atoms with Gasteiger partial charge in [0.25, 0.3) is 0 Å². The lowest BCUT2D eigenvalue weighted by atomic mass is 9.68. The van der Waals surface area contributed by atoms with Crippen LogP contribution in [-0.4, -0.2) is 14.1 Å². The van der Waals surface area contributed by atoms with Crippen LogP contribution in [0.2, 0.25) is 0 Å². The van der Waals surface area contributed by atoms with E-state index in [2.05, 4.69) is 169 Å². The fourth-order valence-electron chi connectivity index (χ4n) is 8.01. The topological polar surface area (TPSA) is 22.8 Å². The van der Waals surface area contributed by atoms with Crippen molar-refractivity contribution in [2.75, 3.05) is 0 Å². The van der Waals surface area contributed by atoms with Crippen LogP contribution in [0, 0.1) is 12.1 Å². The molecular formula is C44H29N3. The summed E-state index contributed by atoms with van der Waals surface area (Å²) >= 11 is 0. The maximum Gasteiger partial charge on any atom is 0.145 e. The Morgan fingerprint density at radius 1 is 0.617 bits per heavy atom. The summed E-state index contributed by atoms with van der Waals surface area (Å²) < 4.78 is 4.68. The average Bonchev–Trinajstić information content (AvgIpc) is 3.67. The van der Waals surface area contributed by atoms with Crippen LogP contribution in [0.15, 0.2) is 140 Å². The van der Waals surface area contributed by atoms with Gasteiger partial charge in [-0.1, -0.05) is 92.7 Å². The highest BCUT2D eigenvalue weighted by Crippen LogP contribution is 2.52. The molecular weight excluding hydrogens is 571 g/mol. The van der Waals surface area contributed by atoms with Crippen LogP contribution in [0.1, 0.15) is 25.0 Å². The molecule has 0 spiro atoms. The maximum absolute atomic E-state index is 5.11. The van der Waals surface area contributed by atoms with Gasteiger partial charge in [0.1, 0.15) is 5.82 Å². The Labute approximate surface area is 273 Å². The van der Waals surface area contributed by atoms with Gasteiger partial charge in [-0.2, -0.15) is 0 Å². The van der Waals surface area contributed by atoms with Crippen molar-refractivity contribution in [3.05, 3.63) is 163 Å². The van der Waals surface area contributed by atoms with Gasteiger partial charge >= 0.3 is 0 Å². The summed E-state index contributed by atoms with van der Waals surface area (Å²) in [4.78, 5) is 5.11. The van der Waals surface area contributed by atoms with Crippen molar-refractivity contribution in [2.24, 2.45) is 0 Å². The minimum atomic E-state index is -0.169. The van der Waals surface area contributed by atoms with E-state index in [9.17, 15) is 0 Å². The Kier molecular flexibility index (Phi) is 5.26. The lowest BCUT2D eigenvalue weighted by molar-refractivity contribution is 0.646. The molecule has 10 rings (SSSR count). The number of benzene rings is 6. The first-order chi connectivity index (χ1) is 23.1. The molecule has 0 atom stereocenters. The van der Waals surface area contributed by atoms with Crippen LogP contribution >= 0.6 is 0 Å². The number of rotatable bonds is 3. The number of nitrogens with zero attached hydrogens (tertiary/aromatic N) is 3. The standard InChI is InChI=1S/C44H29N3/c1-44(2)34-18-8-6-16-32(34)42-40-29(13-12-19-35(40)44)27-39-41(42)33-17-7-10-21-37(33)46(39)31-25-23-28(24-26-31)43-45-36-20-9-11-22-38(36)47(43)30-14-4-3-5-15-30/h3-7,9-17,19-27H,1-2H3. The van der Waals surface area contributed by atoms with E-state index in [1.54, 1.807) is 0 Å². The monoisotopic (exact) mass is 599 g/mol. The second kappa shape index (κ2) is 9.45. The molecule has 9 aromatic rings. The molecule has 0 amide bonds.